The number of rotatable bonds is 0. The Hall–Kier alpha value is -0.0400. The summed E-state index contributed by atoms with van der Waals surface area (Å²) in [6.45, 7) is 6.51. The van der Waals surface area contributed by atoms with Crippen molar-refractivity contribution in [3.8, 4) is 0 Å². The lowest BCUT2D eigenvalue weighted by Crippen LogP contribution is -2.21. The second kappa shape index (κ2) is 3.38. The molecule has 0 aromatic rings. The molecule has 0 aliphatic carbocycles. The smallest absolute Gasteiger partial charge is 0.0517 e. The van der Waals surface area contributed by atoms with E-state index in [2.05, 4.69) is 13.8 Å². The van der Waals surface area contributed by atoms with Crippen molar-refractivity contribution in [2.75, 3.05) is 13.2 Å². The normalized spacial score (nSPS) is 27.0. The molecule has 0 bridgehead atoms. The zero-order valence-electron chi connectivity index (χ0n) is 7.15. The van der Waals surface area contributed by atoms with Crippen LogP contribution in [0.15, 0.2) is 0 Å². The van der Waals surface area contributed by atoms with Gasteiger partial charge in [-0.1, -0.05) is 26.7 Å². The molecule has 1 aliphatic heterocycles. The van der Waals surface area contributed by atoms with Gasteiger partial charge in [0.25, 0.3) is 0 Å². The van der Waals surface area contributed by atoms with Gasteiger partial charge in [-0.25, -0.2) is 0 Å². The topological polar surface area (TPSA) is 9.23 Å². The highest BCUT2D eigenvalue weighted by molar-refractivity contribution is 4.69. The predicted octanol–water partition coefficient (Wildman–Crippen LogP) is 2.60. The summed E-state index contributed by atoms with van der Waals surface area (Å²) in [4.78, 5) is 0. The fourth-order valence-electron chi connectivity index (χ4n) is 1.41. The number of hydrogen-bond donors (Lipinski definition) is 0. The molecule has 1 heteroatoms. The first kappa shape index (κ1) is 8.06. The van der Waals surface area contributed by atoms with E-state index in [1.807, 2.05) is 0 Å². The van der Waals surface area contributed by atoms with E-state index in [0.717, 1.165) is 13.2 Å². The van der Waals surface area contributed by atoms with Crippen molar-refractivity contribution < 1.29 is 4.74 Å². The Morgan fingerprint density at radius 2 is 1.90 bits per heavy atom. The highest BCUT2D eigenvalue weighted by atomic mass is 16.5. The molecule has 0 spiro atoms. The maximum Gasteiger partial charge on any atom is 0.0517 e. The van der Waals surface area contributed by atoms with E-state index in [4.69, 9.17) is 4.74 Å². The van der Waals surface area contributed by atoms with Crippen LogP contribution in [0.2, 0.25) is 0 Å². The zero-order valence-corrected chi connectivity index (χ0v) is 7.15. The quantitative estimate of drug-likeness (QED) is 0.505. The van der Waals surface area contributed by atoms with Crippen molar-refractivity contribution in [3.63, 3.8) is 0 Å². The molecule has 60 valence electrons. The molecule has 0 saturated carbocycles. The van der Waals surface area contributed by atoms with Gasteiger partial charge in [0.2, 0.25) is 0 Å². The highest BCUT2D eigenvalue weighted by Crippen LogP contribution is 2.25. The van der Waals surface area contributed by atoms with Crippen LogP contribution in [0, 0.1) is 5.41 Å². The van der Waals surface area contributed by atoms with E-state index < -0.39 is 0 Å². The maximum atomic E-state index is 5.49. The second-order valence-corrected chi connectivity index (χ2v) is 4.03. The molecule has 0 unspecified atom stereocenters. The van der Waals surface area contributed by atoms with Gasteiger partial charge in [0.15, 0.2) is 0 Å². The van der Waals surface area contributed by atoms with Gasteiger partial charge in [0.1, 0.15) is 0 Å². The number of hydrogen-bond acceptors (Lipinski definition) is 1. The molecule has 1 heterocycles. The minimum atomic E-state index is 0.431. The largest absolute Gasteiger partial charge is 0.381 e. The van der Waals surface area contributed by atoms with Crippen molar-refractivity contribution in [1.29, 1.82) is 0 Å². The molecular weight excluding hydrogens is 124 g/mol. The monoisotopic (exact) mass is 142 g/mol. The van der Waals surface area contributed by atoms with Crippen LogP contribution in [-0.4, -0.2) is 13.2 Å². The van der Waals surface area contributed by atoms with Gasteiger partial charge in [-0.05, 0) is 18.3 Å². The lowest BCUT2D eigenvalue weighted by molar-refractivity contribution is 0.0423. The SMILES string of the molecule is CC1(C)CCCCCOC1. The average molecular weight is 142 g/mol. The Kier molecular flexibility index (Phi) is 2.72. The Balaban J connectivity index is 2.30. The Morgan fingerprint density at radius 3 is 2.70 bits per heavy atom. The van der Waals surface area contributed by atoms with Crippen molar-refractivity contribution >= 4 is 0 Å². The van der Waals surface area contributed by atoms with Crippen LogP contribution in [0.4, 0.5) is 0 Å². The van der Waals surface area contributed by atoms with Crippen LogP contribution in [0.5, 0.6) is 0 Å². The lowest BCUT2D eigenvalue weighted by Gasteiger charge is -2.26. The summed E-state index contributed by atoms with van der Waals surface area (Å²) in [5, 5.41) is 0. The fourth-order valence-corrected chi connectivity index (χ4v) is 1.41. The third-order valence-electron chi connectivity index (χ3n) is 2.14. The van der Waals surface area contributed by atoms with Crippen LogP contribution in [0.3, 0.4) is 0 Å². The van der Waals surface area contributed by atoms with Crippen LogP contribution < -0.4 is 0 Å². The summed E-state index contributed by atoms with van der Waals surface area (Å²) in [6.07, 6.45) is 5.32. The van der Waals surface area contributed by atoms with E-state index >= 15 is 0 Å². The number of ether oxygens (including phenoxy) is 1. The minimum Gasteiger partial charge on any atom is -0.381 e. The third-order valence-corrected chi connectivity index (χ3v) is 2.14. The molecule has 0 N–H and O–H groups in total. The summed E-state index contributed by atoms with van der Waals surface area (Å²) in [5.41, 5.74) is 0.431. The van der Waals surface area contributed by atoms with Gasteiger partial charge in [0, 0.05) is 6.61 Å². The van der Waals surface area contributed by atoms with Gasteiger partial charge in [0.05, 0.1) is 6.61 Å². The molecule has 0 aromatic carbocycles. The first-order valence-corrected chi connectivity index (χ1v) is 4.28. The Labute approximate surface area is 63.8 Å². The molecule has 0 amide bonds. The first-order chi connectivity index (χ1) is 4.71. The summed E-state index contributed by atoms with van der Waals surface area (Å²) in [5.74, 6) is 0. The van der Waals surface area contributed by atoms with Crippen molar-refractivity contribution in [2.24, 2.45) is 5.41 Å². The van der Waals surface area contributed by atoms with Gasteiger partial charge >= 0.3 is 0 Å². The van der Waals surface area contributed by atoms with E-state index in [0.29, 0.717) is 5.41 Å². The van der Waals surface area contributed by atoms with Crippen molar-refractivity contribution in [2.45, 2.75) is 39.5 Å². The summed E-state index contributed by atoms with van der Waals surface area (Å²) >= 11 is 0. The Morgan fingerprint density at radius 1 is 1.10 bits per heavy atom. The van der Waals surface area contributed by atoms with Gasteiger partial charge < -0.3 is 4.74 Å². The molecule has 0 aromatic heterocycles. The van der Waals surface area contributed by atoms with Crippen molar-refractivity contribution in [1.82, 2.24) is 0 Å². The standard InChI is InChI=1S/C9H18O/c1-9(2)6-4-3-5-7-10-8-9/h3-8H2,1-2H3. The highest BCUT2D eigenvalue weighted by Gasteiger charge is 2.18. The molecule has 1 rings (SSSR count). The molecule has 10 heavy (non-hydrogen) atoms. The van der Waals surface area contributed by atoms with Gasteiger partial charge in [-0.15, -0.1) is 0 Å². The maximum absolute atomic E-state index is 5.49. The van der Waals surface area contributed by atoms with Crippen LogP contribution in [0.1, 0.15) is 39.5 Å². The summed E-state index contributed by atoms with van der Waals surface area (Å²) in [6, 6.07) is 0. The van der Waals surface area contributed by atoms with E-state index in [-0.39, 0.29) is 0 Å². The second-order valence-electron chi connectivity index (χ2n) is 4.03. The van der Waals surface area contributed by atoms with E-state index in [9.17, 15) is 0 Å². The summed E-state index contributed by atoms with van der Waals surface area (Å²) < 4.78 is 5.49. The zero-order chi connectivity index (χ0) is 7.45. The van der Waals surface area contributed by atoms with Crippen LogP contribution in [0.25, 0.3) is 0 Å². The molecule has 1 fully saturated rings. The van der Waals surface area contributed by atoms with Crippen LogP contribution in [-0.2, 0) is 4.74 Å². The lowest BCUT2D eigenvalue weighted by atomic mass is 9.87. The molecule has 0 radical (unpaired) electrons. The minimum absolute atomic E-state index is 0.431. The van der Waals surface area contributed by atoms with Gasteiger partial charge in [-0.3, -0.25) is 0 Å². The first-order valence-electron chi connectivity index (χ1n) is 4.28. The van der Waals surface area contributed by atoms with Gasteiger partial charge in [-0.2, -0.15) is 0 Å². The predicted molar refractivity (Wildman–Crippen MR) is 43.1 cm³/mol. The van der Waals surface area contributed by atoms with Crippen LogP contribution >= 0.6 is 0 Å². The summed E-state index contributed by atoms with van der Waals surface area (Å²) in [7, 11) is 0. The average Bonchev–Trinajstić information content (AvgIpc) is 1.81. The molecule has 1 aliphatic rings. The molecular formula is C9H18O. The third kappa shape index (κ3) is 2.70. The fraction of sp³-hybridized carbons (Fsp3) is 1.00. The van der Waals surface area contributed by atoms with Crippen molar-refractivity contribution in [3.05, 3.63) is 0 Å². The molecule has 0 atom stereocenters. The molecule has 1 nitrogen and oxygen atoms in total. The van der Waals surface area contributed by atoms with E-state index in [1.54, 1.807) is 0 Å². The molecule has 1 saturated heterocycles. The van der Waals surface area contributed by atoms with E-state index in [1.165, 1.54) is 25.7 Å². The Bertz CT molecular complexity index is 86.9.